The number of carbonyl (C=O) groups excluding carboxylic acids is 1. The summed E-state index contributed by atoms with van der Waals surface area (Å²) in [5, 5.41) is 3.91. The Balaban J connectivity index is 1.71. The van der Waals surface area contributed by atoms with E-state index in [0.717, 1.165) is 25.3 Å². The zero-order valence-electron chi connectivity index (χ0n) is 10.2. The molecule has 1 aromatic rings. The zero-order valence-corrected chi connectivity index (χ0v) is 10.2. The fourth-order valence-corrected chi connectivity index (χ4v) is 2.49. The van der Waals surface area contributed by atoms with Crippen LogP contribution in [-0.2, 0) is 0 Å². The molecule has 0 radical (unpaired) electrons. The second-order valence-electron chi connectivity index (χ2n) is 5.39. The molecule has 2 aliphatic rings. The minimum atomic E-state index is 0.0344. The lowest BCUT2D eigenvalue weighted by Crippen LogP contribution is -2.39. The summed E-state index contributed by atoms with van der Waals surface area (Å²) in [6.45, 7) is 3.90. The summed E-state index contributed by atoms with van der Waals surface area (Å²) in [6.07, 6.45) is 4.66. The van der Waals surface area contributed by atoms with Crippen LogP contribution in [0, 0.1) is 5.92 Å². The average Bonchev–Trinajstić information content (AvgIpc) is 3.07. The van der Waals surface area contributed by atoms with Gasteiger partial charge < -0.3 is 9.42 Å². The number of amides is 1. The maximum Gasteiger partial charge on any atom is 0.276 e. The molecule has 4 nitrogen and oxygen atoms in total. The lowest BCUT2D eigenvalue weighted by atomic mass is 10.00. The quantitative estimate of drug-likeness (QED) is 0.789. The van der Waals surface area contributed by atoms with Crippen LogP contribution in [-0.4, -0.2) is 29.1 Å². The van der Waals surface area contributed by atoms with E-state index in [1.165, 1.54) is 19.3 Å². The Morgan fingerprint density at radius 2 is 2.29 bits per heavy atom. The second-order valence-corrected chi connectivity index (χ2v) is 5.39. The highest BCUT2D eigenvalue weighted by Gasteiger charge is 2.30. The third-order valence-corrected chi connectivity index (χ3v) is 3.67. The summed E-state index contributed by atoms with van der Waals surface area (Å²) in [5.41, 5.74) is 0.487. The maximum absolute atomic E-state index is 12.2. The third kappa shape index (κ3) is 2.21. The molecule has 4 heteroatoms. The first-order valence-electron chi connectivity index (χ1n) is 6.50. The SMILES string of the molecule is C[C@@H]1CCCN(C(=O)c2cc(C3CC3)on2)C1. The molecule has 1 amide bonds. The number of hydrogen-bond donors (Lipinski definition) is 0. The van der Waals surface area contributed by atoms with E-state index in [9.17, 15) is 4.79 Å². The Morgan fingerprint density at radius 1 is 1.47 bits per heavy atom. The predicted octanol–water partition coefficient (Wildman–Crippen LogP) is 2.42. The first-order valence-corrected chi connectivity index (χ1v) is 6.50. The molecule has 0 spiro atoms. The van der Waals surface area contributed by atoms with Crippen LogP contribution in [0.5, 0.6) is 0 Å². The van der Waals surface area contributed by atoms with E-state index in [4.69, 9.17) is 4.52 Å². The fraction of sp³-hybridized carbons (Fsp3) is 0.692. The molecule has 1 aliphatic heterocycles. The summed E-state index contributed by atoms with van der Waals surface area (Å²) in [7, 11) is 0. The van der Waals surface area contributed by atoms with Crippen molar-refractivity contribution in [1.29, 1.82) is 0 Å². The summed E-state index contributed by atoms with van der Waals surface area (Å²) in [6, 6.07) is 1.83. The van der Waals surface area contributed by atoms with Crippen LogP contribution < -0.4 is 0 Å². The van der Waals surface area contributed by atoms with Gasteiger partial charge in [0.15, 0.2) is 5.69 Å². The number of likely N-dealkylation sites (tertiary alicyclic amines) is 1. The van der Waals surface area contributed by atoms with Crippen molar-refractivity contribution in [3.05, 3.63) is 17.5 Å². The lowest BCUT2D eigenvalue weighted by molar-refractivity contribution is 0.0672. The van der Waals surface area contributed by atoms with E-state index in [2.05, 4.69) is 12.1 Å². The van der Waals surface area contributed by atoms with Gasteiger partial charge in [-0.2, -0.15) is 0 Å². The normalized spacial score (nSPS) is 25.0. The Labute approximate surface area is 101 Å². The van der Waals surface area contributed by atoms with Gasteiger partial charge in [-0.25, -0.2) is 0 Å². The standard InChI is InChI=1S/C13H18N2O2/c1-9-3-2-6-15(8-9)13(16)11-7-12(17-14-11)10-4-5-10/h7,9-10H,2-6,8H2,1H3/t9-/m1/s1. The molecule has 0 N–H and O–H groups in total. The van der Waals surface area contributed by atoms with Crippen molar-refractivity contribution < 1.29 is 9.32 Å². The molecule has 1 aliphatic carbocycles. The molecule has 92 valence electrons. The van der Waals surface area contributed by atoms with Gasteiger partial charge in [-0.1, -0.05) is 12.1 Å². The van der Waals surface area contributed by atoms with Crippen LogP contribution in [0.2, 0.25) is 0 Å². The molecule has 0 unspecified atom stereocenters. The van der Waals surface area contributed by atoms with E-state index in [-0.39, 0.29) is 5.91 Å². The Morgan fingerprint density at radius 3 is 3.00 bits per heavy atom. The summed E-state index contributed by atoms with van der Waals surface area (Å²) in [4.78, 5) is 14.1. The Kier molecular flexibility index (Phi) is 2.65. The topological polar surface area (TPSA) is 46.3 Å². The molecular weight excluding hydrogens is 216 g/mol. The van der Waals surface area contributed by atoms with Crippen LogP contribution >= 0.6 is 0 Å². The molecule has 1 atom stereocenters. The highest BCUT2D eigenvalue weighted by Crippen LogP contribution is 2.40. The molecule has 2 fully saturated rings. The first-order chi connectivity index (χ1) is 8.24. The first kappa shape index (κ1) is 10.8. The molecule has 0 aromatic carbocycles. The monoisotopic (exact) mass is 234 g/mol. The van der Waals surface area contributed by atoms with Crippen LogP contribution in [0.25, 0.3) is 0 Å². The number of hydrogen-bond acceptors (Lipinski definition) is 3. The van der Waals surface area contributed by atoms with Crippen molar-refractivity contribution in [3.63, 3.8) is 0 Å². The van der Waals surface area contributed by atoms with E-state index in [1.807, 2.05) is 11.0 Å². The number of piperidine rings is 1. The van der Waals surface area contributed by atoms with Gasteiger partial charge in [0.2, 0.25) is 0 Å². The molecule has 1 aromatic heterocycles. The fourth-order valence-electron chi connectivity index (χ4n) is 2.49. The minimum Gasteiger partial charge on any atom is -0.360 e. The number of carbonyl (C=O) groups is 1. The van der Waals surface area contributed by atoms with E-state index in [1.54, 1.807) is 0 Å². The van der Waals surface area contributed by atoms with Gasteiger partial charge in [0.25, 0.3) is 5.91 Å². The van der Waals surface area contributed by atoms with E-state index < -0.39 is 0 Å². The van der Waals surface area contributed by atoms with Gasteiger partial charge in [-0.15, -0.1) is 0 Å². The second kappa shape index (κ2) is 4.17. The summed E-state index contributed by atoms with van der Waals surface area (Å²) in [5.74, 6) is 2.04. The molecule has 17 heavy (non-hydrogen) atoms. The van der Waals surface area contributed by atoms with Crippen LogP contribution in [0.1, 0.15) is 54.8 Å². The van der Waals surface area contributed by atoms with Crippen molar-refractivity contribution in [3.8, 4) is 0 Å². The van der Waals surface area contributed by atoms with E-state index >= 15 is 0 Å². The highest BCUT2D eigenvalue weighted by atomic mass is 16.5. The average molecular weight is 234 g/mol. The number of rotatable bonds is 2. The molecule has 1 saturated carbocycles. The van der Waals surface area contributed by atoms with Crippen molar-refractivity contribution >= 4 is 5.91 Å². The third-order valence-electron chi connectivity index (χ3n) is 3.67. The number of aromatic nitrogens is 1. The minimum absolute atomic E-state index is 0.0344. The Bertz CT molecular complexity index is 423. The van der Waals surface area contributed by atoms with Gasteiger partial charge in [-0.05, 0) is 31.6 Å². The van der Waals surface area contributed by atoms with Gasteiger partial charge in [0.1, 0.15) is 5.76 Å². The smallest absolute Gasteiger partial charge is 0.276 e. The van der Waals surface area contributed by atoms with Crippen LogP contribution in [0.4, 0.5) is 0 Å². The molecule has 2 heterocycles. The van der Waals surface area contributed by atoms with Crippen molar-refractivity contribution in [1.82, 2.24) is 10.1 Å². The van der Waals surface area contributed by atoms with Crippen molar-refractivity contribution in [2.24, 2.45) is 5.92 Å². The molecular formula is C13H18N2O2. The van der Waals surface area contributed by atoms with Gasteiger partial charge in [0.05, 0.1) is 0 Å². The molecule has 0 bridgehead atoms. The molecule has 1 saturated heterocycles. The van der Waals surface area contributed by atoms with Crippen LogP contribution in [0.3, 0.4) is 0 Å². The zero-order chi connectivity index (χ0) is 11.8. The molecule has 3 rings (SSSR count). The van der Waals surface area contributed by atoms with Crippen molar-refractivity contribution in [2.75, 3.05) is 13.1 Å². The lowest BCUT2D eigenvalue weighted by Gasteiger charge is -2.30. The van der Waals surface area contributed by atoms with Gasteiger partial charge in [-0.3, -0.25) is 4.79 Å². The van der Waals surface area contributed by atoms with Gasteiger partial charge in [0, 0.05) is 25.1 Å². The Hall–Kier alpha value is -1.32. The largest absolute Gasteiger partial charge is 0.360 e. The van der Waals surface area contributed by atoms with E-state index in [0.29, 0.717) is 17.5 Å². The predicted molar refractivity (Wildman–Crippen MR) is 62.8 cm³/mol. The van der Waals surface area contributed by atoms with Crippen molar-refractivity contribution in [2.45, 2.75) is 38.5 Å². The number of nitrogens with zero attached hydrogens (tertiary/aromatic N) is 2. The van der Waals surface area contributed by atoms with Gasteiger partial charge >= 0.3 is 0 Å². The highest BCUT2D eigenvalue weighted by molar-refractivity contribution is 5.92. The van der Waals surface area contributed by atoms with Crippen LogP contribution in [0.15, 0.2) is 10.6 Å². The summed E-state index contributed by atoms with van der Waals surface area (Å²) >= 11 is 0. The summed E-state index contributed by atoms with van der Waals surface area (Å²) < 4.78 is 5.23. The maximum atomic E-state index is 12.2.